The van der Waals surface area contributed by atoms with Crippen molar-refractivity contribution in [3.8, 4) is 22.4 Å². The standard InChI is InChI=1S/C17H8Cl5N/c18-12-4-1-9(7-14(12)20)11-3-6-16(23-17(11)22)10-2-5-13(19)15(21)8-10/h1-8H. The number of hydrogen-bond donors (Lipinski definition) is 0. The van der Waals surface area contributed by atoms with Crippen molar-refractivity contribution in [3.05, 3.63) is 73.8 Å². The van der Waals surface area contributed by atoms with Crippen LogP contribution in [0.1, 0.15) is 0 Å². The van der Waals surface area contributed by atoms with Gasteiger partial charge in [-0.05, 0) is 42.0 Å². The number of hydrogen-bond acceptors (Lipinski definition) is 1. The van der Waals surface area contributed by atoms with Gasteiger partial charge in [-0.2, -0.15) is 0 Å². The van der Waals surface area contributed by atoms with Gasteiger partial charge in [0.15, 0.2) is 0 Å². The summed E-state index contributed by atoms with van der Waals surface area (Å²) in [5.74, 6) is 0. The summed E-state index contributed by atoms with van der Waals surface area (Å²) in [5, 5.41) is 2.29. The van der Waals surface area contributed by atoms with Crippen LogP contribution in [0.3, 0.4) is 0 Å². The van der Waals surface area contributed by atoms with E-state index in [1.807, 2.05) is 24.3 Å². The second kappa shape index (κ2) is 6.88. The van der Waals surface area contributed by atoms with Gasteiger partial charge in [-0.25, -0.2) is 4.98 Å². The molecule has 0 unspecified atom stereocenters. The molecule has 2 aromatic carbocycles. The maximum Gasteiger partial charge on any atom is 0.137 e. The molecule has 6 heteroatoms. The van der Waals surface area contributed by atoms with Gasteiger partial charge in [0.05, 0.1) is 25.8 Å². The lowest BCUT2D eigenvalue weighted by Gasteiger charge is -2.08. The minimum atomic E-state index is 0.368. The number of rotatable bonds is 2. The molecule has 0 aliphatic heterocycles. The third kappa shape index (κ3) is 3.60. The molecule has 0 atom stereocenters. The van der Waals surface area contributed by atoms with Crippen LogP contribution in [-0.4, -0.2) is 4.98 Å². The molecule has 0 bridgehead atoms. The van der Waals surface area contributed by atoms with E-state index in [9.17, 15) is 0 Å². The number of pyridine rings is 1. The van der Waals surface area contributed by atoms with Crippen molar-refractivity contribution >= 4 is 58.0 Å². The quantitative estimate of drug-likeness (QED) is 0.400. The first-order chi connectivity index (χ1) is 11.0. The Kier molecular flexibility index (Phi) is 5.05. The summed E-state index contributed by atoms with van der Waals surface area (Å²) in [7, 11) is 0. The summed E-state index contributed by atoms with van der Waals surface area (Å²) in [4.78, 5) is 4.43. The van der Waals surface area contributed by atoms with Crippen LogP contribution in [0.2, 0.25) is 25.2 Å². The van der Waals surface area contributed by atoms with Crippen molar-refractivity contribution in [2.45, 2.75) is 0 Å². The van der Waals surface area contributed by atoms with E-state index in [-0.39, 0.29) is 0 Å². The van der Waals surface area contributed by atoms with Gasteiger partial charge in [0.1, 0.15) is 5.15 Å². The van der Waals surface area contributed by atoms with Gasteiger partial charge in [-0.15, -0.1) is 0 Å². The first kappa shape index (κ1) is 16.9. The predicted molar refractivity (Wildman–Crippen MR) is 100 cm³/mol. The predicted octanol–water partition coefficient (Wildman–Crippen LogP) is 7.68. The summed E-state index contributed by atoms with van der Waals surface area (Å²) in [6.07, 6.45) is 0. The van der Waals surface area contributed by atoms with Gasteiger partial charge in [-0.3, -0.25) is 0 Å². The summed E-state index contributed by atoms with van der Waals surface area (Å²) >= 11 is 30.3. The van der Waals surface area contributed by atoms with Crippen molar-refractivity contribution in [3.63, 3.8) is 0 Å². The molecule has 3 aromatic rings. The van der Waals surface area contributed by atoms with Crippen LogP contribution in [0.15, 0.2) is 48.5 Å². The lowest BCUT2D eigenvalue weighted by Crippen LogP contribution is -1.88. The van der Waals surface area contributed by atoms with E-state index in [4.69, 9.17) is 58.0 Å². The largest absolute Gasteiger partial charge is 0.235 e. The Hall–Kier alpha value is -0.960. The Morgan fingerprint density at radius 2 is 1.13 bits per heavy atom. The zero-order valence-electron chi connectivity index (χ0n) is 11.5. The first-order valence-electron chi connectivity index (χ1n) is 6.53. The molecule has 0 saturated heterocycles. The van der Waals surface area contributed by atoms with E-state index in [1.54, 1.807) is 24.3 Å². The van der Waals surface area contributed by atoms with Crippen LogP contribution in [-0.2, 0) is 0 Å². The summed E-state index contributed by atoms with van der Waals surface area (Å²) in [6, 6.07) is 14.4. The molecule has 1 heterocycles. The molecule has 0 N–H and O–H groups in total. The fourth-order valence-corrected chi connectivity index (χ4v) is 2.99. The van der Waals surface area contributed by atoms with Crippen molar-refractivity contribution in [2.24, 2.45) is 0 Å². The maximum absolute atomic E-state index is 6.33. The van der Waals surface area contributed by atoms with Crippen LogP contribution in [0, 0.1) is 0 Å². The van der Waals surface area contributed by atoms with E-state index in [1.165, 1.54) is 0 Å². The Morgan fingerprint density at radius 1 is 0.565 bits per heavy atom. The zero-order valence-corrected chi connectivity index (χ0v) is 15.2. The van der Waals surface area contributed by atoms with Gasteiger partial charge in [0, 0.05) is 11.1 Å². The van der Waals surface area contributed by atoms with Gasteiger partial charge in [0.25, 0.3) is 0 Å². The molecule has 0 spiro atoms. The van der Waals surface area contributed by atoms with E-state index in [0.717, 1.165) is 16.7 Å². The average Bonchev–Trinajstić information content (AvgIpc) is 2.53. The van der Waals surface area contributed by atoms with Crippen molar-refractivity contribution in [2.75, 3.05) is 0 Å². The molecule has 0 saturated carbocycles. The second-order valence-electron chi connectivity index (χ2n) is 4.79. The van der Waals surface area contributed by atoms with Gasteiger partial charge < -0.3 is 0 Å². The number of halogens is 5. The minimum Gasteiger partial charge on any atom is -0.235 e. The molecule has 0 amide bonds. The molecule has 0 aliphatic carbocycles. The Morgan fingerprint density at radius 3 is 1.70 bits per heavy atom. The monoisotopic (exact) mass is 401 g/mol. The number of nitrogens with zero attached hydrogens (tertiary/aromatic N) is 1. The van der Waals surface area contributed by atoms with Crippen molar-refractivity contribution in [1.29, 1.82) is 0 Å². The highest BCUT2D eigenvalue weighted by molar-refractivity contribution is 6.42. The third-order valence-electron chi connectivity index (χ3n) is 3.29. The SMILES string of the molecule is Clc1ccc(-c2ccc(-c3ccc(Cl)c(Cl)c3)c(Cl)n2)cc1Cl. The molecule has 0 radical (unpaired) electrons. The lowest BCUT2D eigenvalue weighted by molar-refractivity contribution is 1.32. The molecule has 0 aliphatic rings. The molecule has 116 valence electrons. The number of benzene rings is 2. The highest BCUT2D eigenvalue weighted by Crippen LogP contribution is 2.34. The van der Waals surface area contributed by atoms with E-state index < -0.39 is 0 Å². The Bertz CT molecular complexity index is 892. The van der Waals surface area contributed by atoms with E-state index in [0.29, 0.717) is 30.9 Å². The zero-order chi connectivity index (χ0) is 16.6. The summed E-state index contributed by atoms with van der Waals surface area (Å²) in [5.41, 5.74) is 3.16. The lowest BCUT2D eigenvalue weighted by atomic mass is 10.1. The molecular formula is C17H8Cl5N. The Balaban J connectivity index is 2.03. The molecule has 1 aromatic heterocycles. The van der Waals surface area contributed by atoms with E-state index >= 15 is 0 Å². The molecular weight excluding hydrogens is 395 g/mol. The fourth-order valence-electron chi connectivity index (χ4n) is 2.13. The van der Waals surface area contributed by atoms with Crippen LogP contribution in [0.5, 0.6) is 0 Å². The highest BCUT2D eigenvalue weighted by atomic mass is 35.5. The molecule has 3 rings (SSSR count). The minimum absolute atomic E-state index is 0.368. The van der Waals surface area contributed by atoms with Crippen LogP contribution in [0.25, 0.3) is 22.4 Å². The van der Waals surface area contributed by atoms with Crippen LogP contribution < -0.4 is 0 Å². The van der Waals surface area contributed by atoms with Gasteiger partial charge in [-0.1, -0.05) is 70.1 Å². The van der Waals surface area contributed by atoms with Gasteiger partial charge >= 0.3 is 0 Å². The number of aromatic nitrogens is 1. The van der Waals surface area contributed by atoms with Crippen LogP contribution in [0.4, 0.5) is 0 Å². The van der Waals surface area contributed by atoms with Crippen molar-refractivity contribution in [1.82, 2.24) is 4.98 Å². The fraction of sp³-hybridized carbons (Fsp3) is 0. The third-order valence-corrected chi connectivity index (χ3v) is 5.06. The average molecular weight is 404 g/mol. The van der Waals surface area contributed by atoms with Crippen LogP contribution >= 0.6 is 58.0 Å². The summed E-state index contributed by atoms with van der Waals surface area (Å²) < 4.78 is 0. The molecule has 23 heavy (non-hydrogen) atoms. The highest BCUT2D eigenvalue weighted by Gasteiger charge is 2.10. The maximum atomic E-state index is 6.33. The van der Waals surface area contributed by atoms with Crippen molar-refractivity contribution < 1.29 is 0 Å². The topological polar surface area (TPSA) is 12.9 Å². The second-order valence-corrected chi connectivity index (χ2v) is 6.78. The smallest absolute Gasteiger partial charge is 0.137 e. The molecule has 0 fully saturated rings. The van der Waals surface area contributed by atoms with Gasteiger partial charge in [0.2, 0.25) is 0 Å². The summed E-state index contributed by atoms with van der Waals surface area (Å²) in [6.45, 7) is 0. The Labute approximate surface area is 158 Å². The normalized spacial score (nSPS) is 10.8. The first-order valence-corrected chi connectivity index (χ1v) is 8.42. The van der Waals surface area contributed by atoms with E-state index in [2.05, 4.69) is 4.98 Å². The molecule has 1 nitrogen and oxygen atoms in total.